The molecule has 0 aliphatic carbocycles. The fourth-order valence-electron chi connectivity index (χ4n) is 1.83. The quantitative estimate of drug-likeness (QED) is 0.557. The highest BCUT2D eigenvalue weighted by Gasteiger charge is 2.05. The maximum Gasteiger partial charge on any atom is -0.00773 e. The molecule has 0 aromatic heterocycles. The highest BCUT2D eigenvalue weighted by molar-refractivity contribution is 4.58. The third-order valence-corrected chi connectivity index (χ3v) is 2.46. The molecule has 0 spiro atoms. The van der Waals surface area contributed by atoms with Crippen LogP contribution in [-0.4, -0.2) is 6.54 Å². The minimum Gasteiger partial charge on any atom is -0.330 e. The normalized spacial score (nSPS) is 11.0. The van der Waals surface area contributed by atoms with Crippen LogP contribution in [0.1, 0.15) is 58.8 Å². The second-order valence-corrected chi connectivity index (χ2v) is 3.73. The molecule has 0 unspecified atom stereocenters. The average molecular weight is 171 g/mol. The van der Waals surface area contributed by atoms with Crippen LogP contribution in [0.3, 0.4) is 0 Å². The molecule has 0 atom stereocenters. The Morgan fingerprint density at radius 1 is 0.917 bits per heavy atom. The van der Waals surface area contributed by atoms with Crippen LogP contribution in [0.5, 0.6) is 0 Å². The van der Waals surface area contributed by atoms with E-state index in [9.17, 15) is 0 Å². The van der Waals surface area contributed by atoms with E-state index in [1.807, 2.05) is 0 Å². The summed E-state index contributed by atoms with van der Waals surface area (Å²) in [5.74, 6) is 0.978. The number of hydrogen-bond acceptors (Lipinski definition) is 1. The van der Waals surface area contributed by atoms with Crippen molar-refractivity contribution in [3.8, 4) is 0 Å². The summed E-state index contributed by atoms with van der Waals surface area (Å²) in [6, 6.07) is 0. The predicted octanol–water partition coefficient (Wildman–Crippen LogP) is 3.33. The van der Waals surface area contributed by atoms with E-state index < -0.39 is 0 Å². The first-order valence-corrected chi connectivity index (χ1v) is 5.55. The van der Waals surface area contributed by atoms with Crippen LogP contribution in [0.2, 0.25) is 0 Å². The second kappa shape index (κ2) is 9.05. The first-order valence-electron chi connectivity index (χ1n) is 5.55. The molecule has 1 nitrogen and oxygen atoms in total. The summed E-state index contributed by atoms with van der Waals surface area (Å²) in [6.45, 7) is 5.43. The molecule has 0 heterocycles. The van der Waals surface area contributed by atoms with Crippen LogP contribution >= 0.6 is 0 Å². The molecule has 0 radical (unpaired) electrons. The lowest BCUT2D eigenvalue weighted by Crippen LogP contribution is -2.03. The molecule has 2 N–H and O–H groups in total. The smallest absolute Gasteiger partial charge is 0.00773 e. The first-order chi connectivity index (χ1) is 5.85. The maximum atomic E-state index is 5.46. The van der Waals surface area contributed by atoms with Crippen molar-refractivity contribution in [3.63, 3.8) is 0 Å². The van der Waals surface area contributed by atoms with Crippen LogP contribution in [0.25, 0.3) is 0 Å². The standard InChI is InChI=1S/C11H25N/c1-3-7-11(8-4-2)9-5-6-10-12/h11H,3-10,12H2,1-2H3. The van der Waals surface area contributed by atoms with Gasteiger partial charge in [0, 0.05) is 0 Å². The Labute approximate surface area is 77.7 Å². The Kier molecular flexibility index (Phi) is 9.02. The summed E-state index contributed by atoms with van der Waals surface area (Å²) < 4.78 is 0. The Morgan fingerprint density at radius 3 is 1.92 bits per heavy atom. The molecule has 0 saturated carbocycles. The van der Waals surface area contributed by atoms with Crippen molar-refractivity contribution in [1.82, 2.24) is 0 Å². The van der Waals surface area contributed by atoms with E-state index in [4.69, 9.17) is 5.73 Å². The molecule has 0 aliphatic heterocycles. The summed E-state index contributed by atoms with van der Waals surface area (Å²) >= 11 is 0. The van der Waals surface area contributed by atoms with E-state index >= 15 is 0 Å². The zero-order valence-electron chi connectivity index (χ0n) is 8.81. The van der Waals surface area contributed by atoms with Crippen molar-refractivity contribution in [2.24, 2.45) is 11.7 Å². The molecule has 74 valence electrons. The van der Waals surface area contributed by atoms with E-state index in [2.05, 4.69) is 13.8 Å². The van der Waals surface area contributed by atoms with Crippen LogP contribution < -0.4 is 5.73 Å². The van der Waals surface area contributed by atoms with E-state index in [1.165, 1.54) is 44.9 Å². The van der Waals surface area contributed by atoms with Gasteiger partial charge in [0.2, 0.25) is 0 Å². The first kappa shape index (κ1) is 12.0. The molecule has 0 rings (SSSR count). The van der Waals surface area contributed by atoms with Crippen LogP contribution in [-0.2, 0) is 0 Å². The SMILES string of the molecule is CCCC(CCC)CCCCN. The summed E-state index contributed by atoms with van der Waals surface area (Å²) in [4.78, 5) is 0. The number of rotatable bonds is 8. The molecule has 0 aromatic carbocycles. The Morgan fingerprint density at radius 2 is 1.50 bits per heavy atom. The second-order valence-electron chi connectivity index (χ2n) is 3.73. The molecule has 0 bridgehead atoms. The van der Waals surface area contributed by atoms with Crippen molar-refractivity contribution in [2.45, 2.75) is 58.8 Å². The van der Waals surface area contributed by atoms with Gasteiger partial charge in [0.15, 0.2) is 0 Å². The fourth-order valence-corrected chi connectivity index (χ4v) is 1.83. The van der Waals surface area contributed by atoms with Gasteiger partial charge in [0.05, 0.1) is 0 Å². The summed E-state index contributed by atoms with van der Waals surface area (Å²) in [6.07, 6.45) is 9.46. The van der Waals surface area contributed by atoms with Gasteiger partial charge in [0.25, 0.3) is 0 Å². The largest absolute Gasteiger partial charge is 0.330 e. The lowest BCUT2D eigenvalue weighted by molar-refractivity contribution is 0.396. The number of hydrogen-bond donors (Lipinski definition) is 1. The monoisotopic (exact) mass is 171 g/mol. The fraction of sp³-hybridized carbons (Fsp3) is 1.00. The summed E-state index contributed by atoms with van der Waals surface area (Å²) in [5.41, 5.74) is 5.46. The number of nitrogens with two attached hydrogens (primary N) is 1. The summed E-state index contributed by atoms with van der Waals surface area (Å²) in [5, 5.41) is 0. The minimum atomic E-state index is 0.866. The van der Waals surface area contributed by atoms with Gasteiger partial charge >= 0.3 is 0 Å². The van der Waals surface area contributed by atoms with Gasteiger partial charge in [-0.1, -0.05) is 52.4 Å². The molecule has 12 heavy (non-hydrogen) atoms. The third kappa shape index (κ3) is 6.66. The van der Waals surface area contributed by atoms with Crippen LogP contribution in [0, 0.1) is 5.92 Å². The Bertz CT molecular complexity index is 75.1. The molecule has 0 fully saturated rings. The average Bonchev–Trinajstić information content (AvgIpc) is 2.06. The molecular weight excluding hydrogens is 146 g/mol. The van der Waals surface area contributed by atoms with Gasteiger partial charge in [-0.05, 0) is 18.9 Å². The van der Waals surface area contributed by atoms with Crippen molar-refractivity contribution in [2.75, 3.05) is 6.54 Å². The highest BCUT2D eigenvalue weighted by atomic mass is 14.5. The van der Waals surface area contributed by atoms with Crippen LogP contribution in [0.4, 0.5) is 0 Å². The van der Waals surface area contributed by atoms with E-state index in [0.29, 0.717) is 0 Å². The van der Waals surface area contributed by atoms with E-state index in [1.54, 1.807) is 0 Å². The molecule has 0 aliphatic rings. The van der Waals surface area contributed by atoms with Crippen molar-refractivity contribution < 1.29 is 0 Å². The Balaban J connectivity index is 3.34. The maximum absolute atomic E-state index is 5.46. The lowest BCUT2D eigenvalue weighted by atomic mass is 9.93. The minimum absolute atomic E-state index is 0.866. The third-order valence-electron chi connectivity index (χ3n) is 2.46. The van der Waals surface area contributed by atoms with Crippen molar-refractivity contribution in [3.05, 3.63) is 0 Å². The van der Waals surface area contributed by atoms with Gasteiger partial charge < -0.3 is 5.73 Å². The lowest BCUT2D eigenvalue weighted by Gasteiger charge is -2.14. The predicted molar refractivity (Wildman–Crippen MR) is 56.2 cm³/mol. The zero-order chi connectivity index (χ0) is 9.23. The number of unbranched alkanes of at least 4 members (excludes halogenated alkanes) is 1. The van der Waals surface area contributed by atoms with Crippen LogP contribution in [0.15, 0.2) is 0 Å². The molecule has 0 aromatic rings. The van der Waals surface area contributed by atoms with Gasteiger partial charge in [-0.3, -0.25) is 0 Å². The molecule has 1 heteroatoms. The van der Waals surface area contributed by atoms with Gasteiger partial charge in [-0.15, -0.1) is 0 Å². The van der Waals surface area contributed by atoms with E-state index in [-0.39, 0.29) is 0 Å². The van der Waals surface area contributed by atoms with Crippen molar-refractivity contribution in [1.29, 1.82) is 0 Å². The Hall–Kier alpha value is -0.0400. The molecular formula is C11H25N. The van der Waals surface area contributed by atoms with Gasteiger partial charge in [0.1, 0.15) is 0 Å². The van der Waals surface area contributed by atoms with E-state index in [0.717, 1.165) is 12.5 Å². The van der Waals surface area contributed by atoms with Crippen molar-refractivity contribution >= 4 is 0 Å². The van der Waals surface area contributed by atoms with Gasteiger partial charge in [-0.25, -0.2) is 0 Å². The topological polar surface area (TPSA) is 26.0 Å². The zero-order valence-corrected chi connectivity index (χ0v) is 8.81. The molecule has 0 saturated heterocycles. The molecule has 0 amide bonds. The summed E-state index contributed by atoms with van der Waals surface area (Å²) in [7, 11) is 0. The van der Waals surface area contributed by atoms with Gasteiger partial charge in [-0.2, -0.15) is 0 Å². The highest BCUT2D eigenvalue weighted by Crippen LogP contribution is 2.19.